The van der Waals surface area contributed by atoms with Gasteiger partial charge >= 0.3 is 0 Å². The molecule has 0 aliphatic heterocycles. The van der Waals surface area contributed by atoms with Crippen LogP contribution >= 0.6 is 0 Å². The van der Waals surface area contributed by atoms with Gasteiger partial charge in [0.25, 0.3) is 0 Å². The van der Waals surface area contributed by atoms with Crippen LogP contribution in [0.25, 0.3) is 0 Å². The lowest BCUT2D eigenvalue weighted by Crippen LogP contribution is -2.36. The van der Waals surface area contributed by atoms with Gasteiger partial charge in [0.15, 0.2) is 0 Å². The van der Waals surface area contributed by atoms with Gasteiger partial charge < -0.3 is 25.4 Å². The second-order valence-corrected chi connectivity index (χ2v) is 4.77. The number of anilines is 2. The van der Waals surface area contributed by atoms with E-state index >= 15 is 0 Å². The Morgan fingerprint density at radius 2 is 2.14 bits per heavy atom. The lowest BCUT2D eigenvalue weighted by atomic mass is 10.2. The van der Waals surface area contributed by atoms with Gasteiger partial charge in [-0.15, -0.1) is 0 Å². The second-order valence-electron chi connectivity index (χ2n) is 4.77. The van der Waals surface area contributed by atoms with Crippen LogP contribution in [0.3, 0.4) is 0 Å². The number of hydrogen-bond donors (Lipinski definition) is 2. The molecule has 21 heavy (non-hydrogen) atoms. The Bertz CT molecular complexity index is 452. The average molecular weight is 295 g/mol. The summed E-state index contributed by atoms with van der Waals surface area (Å²) in [6, 6.07) is 5.52. The Hall–Kier alpha value is -1.95. The second kappa shape index (κ2) is 9.07. The SMILES string of the molecule is CCCOc1cc(N(C)CC(=O)NCCOC)ccc1N. The largest absolute Gasteiger partial charge is 0.491 e. The normalized spacial score (nSPS) is 10.2. The summed E-state index contributed by atoms with van der Waals surface area (Å²) in [4.78, 5) is 13.6. The maximum atomic E-state index is 11.8. The topological polar surface area (TPSA) is 76.8 Å². The quantitative estimate of drug-likeness (QED) is 0.530. The highest BCUT2D eigenvalue weighted by molar-refractivity contribution is 5.81. The summed E-state index contributed by atoms with van der Waals surface area (Å²) < 4.78 is 10.5. The molecule has 0 bridgehead atoms. The number of carbonyl (C=O) groups excluding carboxylic acids is 1. The number of hydrogen-bond acceptors (Lipinski definition) is 5. The molecular weight excluding hydrogens is 270 g/mol. The maximum Gasteiger partial charge on any atom is 0.239 e. The van der Waals surface area contributed by atoms with Gasteiger partial charge in [-0.05, 0) is 18.6 Å². The highest BCUT2D eigenvalue weighted by atomic mass is 16.5. The molecule has 6 heteroatoms. The van der Waals surface area contributed by atoms with Crippen LogP contribution in [0.4, 0.5) is 11.4 Å². The molecule has 118 valence electrons. The Morgan fingerprint density at radius 1 is 1.38 bits per heavy atom. The molecule has 0 fully saturated rings. The predicted molar refractivity (Wildman–Crippen MR) is 84.8 cm³/mol. The summed E-state index contributed by atoms with van der Waals surface area (Å²) in [5.74, 6) is 0.600. The number of carbonyl (C=O) groups is 1. The first-order valence-corrected chi connectivity index (χ1v) is 7.07. The average Bonchev–Trinajstić information content (AvgIpc) is 2.46. The van der Waals surface area contributed by atoms with Gasteiger partial charge in [-0.25, -0.2) is 0 Å². The van der Waals surface area contributed by atoms with Crippen molar-refractivity contribution in [3.63, 3.8) is 0 Å². The number of amides is 1. The minimum absolute atomic E-state index is 0.0533. The van der Waals surface area contributed by atoms with Crippen LogP contribution in [0.2, 0.25) is 0 Å². The number of benzene rings is 1. The first-order valence-electron chi connectivity index (χ1n) is 7.07. The fourth-order valence-corrected chi connectivity index (χ4v) is 1.75. The molecule has 0 saturated carbocycles. The van der Waals surface area contributed by atoms with Crippen molar-refractivity contribution in [3.8, 4) is 5.75 Å². The standard InChI is InChI=1S/C15H25N3O3/c1-4-8-21-14-10-12(5-6-13(14)16)18(2)11-15(19)17-7-9-20-3/h5-6,10H,4,7-9,11,16H2,1-3H3,(H,17,19). The summed E-state index contributed by atoms with van der Waals surface area (Å²) >= 11 is 0. The van der Waals surface area contributed by atoms with E-state index in [1.165, 1.54) is 0 Å². The molecule has 0 heterocycles. The lowest BCUT2D eigenvalue weighted by molar-refractivity contribution is -0.119. The van der Waals surface area contributed by atoms with Crippen LogP contribution in [-0.2, 0) is 9.53 Å². The number of nitrogens with two attached hydrogens (primary N) is 1. The molecule has 6 nitrogen and oxygen atoms in total. The molecule has 0 saturated heterocycles. The van der Waals surface area contributed by atoms with Gasteiger partial charge in [0.1, 0.15) is 5.75 Å². The van der Waals surface area contributed by atoms with Crippen LogP contribution in [0.1, 0.15) is 13.3 Å². The number of nitrogens with zero attached hydrogens (tertiary/aromatic N) is 1. The number of likely N-dealkylation sites (N-methyl/N-ethyl adjacent to an activating group) is 1. The summed E-state index contributed by atoms with van der Waals surface area (Å²) in [6.45, 7) is 3.94. The van der Waals surface area contributed by atoms with E-state index in [0.717, 1.165) is 12.1 Å². The van der Waals surface area contributed by atoms with Crippen LogP contribution < -0.4 is 20.7 Å². The Balaban J connectivity index is 2.60. The van der Waals surface area contributed by atoms with Crippen molar-refractivity contribution < 1.29 is 14.3 Å². The van der Waals surface area contributed by atoms with E-state index in [1.807, 2.05) is 31.0 Å². The number of rotatable bonds is 9. The fraction of sp³-hybridized carbons (Fsp3) is 0.533. The molecule has 0 aromatic heterocycles. The summed E-state index contributed by atoms with van der Waals surface area (Å²) in [5, 5.41) is 2.78. The number of nitrogen functional groups attached to an aromatic ring is 1. The van der Waals surface area contributed by atoms with Crippen LogP contribution in [0, 0.1) is 0 Å². The van der Waals surface area contributed by atoms with E-state index in [9.17, 15) is 4.79 Å². The molecule has 1 rings (SSSR count). The smallest absolute Gasteiger partial charge is 0.239 e. The maximum absolute atomic E-state index is 11.8. The Labute approximate surface area is 126 Å². The molecule has 0 aliphatic carbocycles. The Kier molecular flexibility index (Phi) is 7.39. The summed E-state index contributed by atoms with van der Waals surface area (Å²) in [5.41, 5.74) is 7.36. The molecule has 0 unspecified atom stereocenters. The van der Waals surface area contributed by atoms with Gasteiger partial charge in [-0.3, -0.25) is 4.79 Å². The third-order valence-electron chi connectivity index (χ3n) is 2.91. The van der Waals surface area contributed by atoms with Gasteiger partial charge in [-0.1, -0.05) is 6.92 Å². The van der Waals surface area contributed by atoms with Crippen molar-refractivity contribution in [2.24, 2.45) is 0 Å². The van der Waals surface area contributed by atoms with Crippen molar-refractivity contribution in [3.05, 3.63) is 18.2 Å². The van der Waals surface area contributed by atoms with E-state index < -0.39 is 0 Å². The monoisotopic (exact) mass is 295 g/mol. The van der Waals surface area contributed by atoms with Gasteiger partial charge in [0.05, 0.1) is 25.4 Å². The number of methoxy groups -OCH3 is 1. The molecule has 0 spiro atoms. The highest BCUT2D eigenvalue weighted by Gasteiger charge is 2.09. The first-order chi connectivity index (χ1) is 10.1. The lowest BCUT2D eigenvalue weighted by Gasteiger charge is -2.20. The minimum atomic E-state index is -0.0533. The van der Waals surface area contributed by atoms with Crippen LogP contribution in [0.5, 0.6) is 5.75 Å². The van der Waals surface area contributed by atoms with E-state index in [-0.39, 0.29) is 12.5 Å². The zero-order valence-electron chi connectivity index (χ0n) is 13.0. The number of ether oxygens (including phenoxy) is 2. The van der Waals surface area contributed by atoms with Gasteiger partial charge in [0, 0.05) is 32.5 Å². The molecule has 1 aromatic rings. The van der Waals surface area contributed by atoms with Crippen molar-refractivity contribution in [1.82, 2.24) is 5.32 Å². The van der Waals surface area contributed by atoms with Crippen LogP contribution in [-0.4, -0.2) is 46.4 Å². The zero-order chi connectivity index (χ0) is 15.7. The first kappa shape index (κ1) is 17.1. The minimum Gasteiger partial charge on any atom is -0.491 e. The van der Waals surface area contributed by atoms with E-state index in [1.54, 1.807) is 13.2 Å². The molecule has 0 radical (unpaired) electrons. The Morgan fingerprint density at radius 3 is 2.81 bits per heavy atom. The van der Waals surface area contributed by atoms with E-state index in [4.69, 9.17) is 15.2 Å². The van der Waals surface area contributed by atoms with Crippen molar-refractivity contribution in [1.29, 1.82) is 0 Å². The zero-order valence-corrected chi connectivity index (χ0v) is 13.0. The summed E-state index contributed by atoms with van der Waals surface area (Å²) in [6.07, 6.45) is 0.918. The molecule has 1 aromatic carbocycles. The molecule has 0 aliphatic rings. The van der Waals surface area contributed by atoms with Crippen molar-refractivity contribution in [2.75, 3.05) is 51.1 Å². The van der Waals surface area contributed by atoms with Gasteiger partial charge in [-0.2, -0.15) is 0 Å². The fourth-order valence-electron chi connectivity index (χ4n) is 1.75. The summed E-state index contributed by atoms with van der Waals surface area (Å²) in [7, 11) is 3.45. The molecular formula is C15H25N3O3. The molecule has 1 amide bonds. The number of nitrogens with one attached hydrogen (secondary N) is 1. The highest BCUT2D eigenvalue weighted by Crippen LogP contribution is 2.27. The van der Waals surface area contributed by atoms with Crippen LogP contribution in [0.15, 0.2) is 18.2 Å². The molecule has 0 atom stereocenters. The van der Waals surface area contributed by atoms with E-state index in [0.29, 0.717) is 31.2 Å². The molecule has 3 N–H and O–H groups in total. The third-order valence-corrected chi connectivity index (χ3v) is 2.91. The van der Waals surface area contributed by atoms with Gasteiger partial charge in [0.2, 0.25) is 5.91 Å². The van der Waals surface area contributed by atoms with Crippen molar-refractivity contribution in [2.45, 2.75) is 13.3 Å². The third kappa shape index (κ3) is 5.91. The van der Waals surface area contributed by atoms with Crippen molar-refractivity contribution >= 4 is 17.3 Å². The van der Waals surface area contributed by atoms with E-state index in [2.05, 4.69) is 5.32 Å². The predicted octanol–water partition coefficient (Wildman–Crippen LogP) is 1.26.